The van der Waals surface area contributed by atoms with Crippen molar-refractivity contribution in [3.63, 3.8) is 0 Å². The van der Waals surface area contributed by atoms with Crippen molar-refractivity contribution in [3.05, 3.63) is 64.7 Å². The highest BCUT2D eigenvalue weighted by atomic mass is 35.5. The van der Waals surface area contributed by atoms with Gasteiger partial charge in [0.15, 0.2) is 0 Å². The maximum absolute atomic E-state index is 8.68. The number of halogens is 2. The zero-order valence-electron chi connectivity index (χ0n) is 11.6. The van der Waals surface area contributed by atoms with Crippen LogP contribution in [0.2, 0.25) is 5.02 Å². The minimum atomic E-state index is 0. The average Bonchev–Trinajstić information content (AvgIpc) is 2.48. The Hall–Kier alpha value is -1.26. The number of benzene rings is 2. The fourth-order valence-corrected chi connectivity index (χ4v) is 2.05. The van der Waals surface area contributed by atoms with Crippen LogP contribution in [0.1, 0.15) is 11.1 Å². The van der Waals surface area contributed by atoms with Crippen LogP contribution in [0.4, 0.5) is 0 Å². The Bertz CT molecular complexity index is 532. The Balaban J connectivity index is 0.00000220. The Morgan fingerprint density at radius 1 is 1.00 bits per heavy atom. The normalized spacial score (nSPS) is 10.0. The first-order valence-electron chi connectivity index (χ1n) is 6.56. The van der Waals surface area contributed by atoms with Gasteiger partial charge in [-0.15, -0.1) is 12.4 Å². The van der Waals surface area contributed by atoms with Gasteiger partial charge in [-0.2, -0.15) is 0 Å². The van der Waals surface area contributed by atoms with Crippen molar-refractivity contribution in [1.82, 2.24) is 5.32 Å². The molecule has 0 aromatic heterocycles. The second-order valence-electron chi connectivity index (χ2n) is 4.41. The molecule has 0 saturated carbocycles. The summed E-state index contributed by atoms with van der Waals surface area (Å²) >= 11 is 6.10. The molecule has 0 unspecified atom stereocenters. The van der Waals surface area contributed by atoms with Crippen LogP contribution in [0, 0.1) is 0 Å². The van der Waals surface area contributed by atoms with E-state index in [2.05, 4.69) is 5.32 Å². The second kappa shape index (κ2) is 9.64. The third kappa shape index (κ3) is 5.94. The number of rotatable bonds is 7. The smallest absolute Gasteiger partial charge is 0.119 e. The topological polar surface area (TPSA) is 41.5 Å². The molecule has 0 atom stereocenters. The van der Waals surface area contributed by atoms with Crippen LogP contribution < -0.4 is 10.1 Å². The number of aliphatic hydroxyl groups is 1. The lowest BCUT2D eigenvalue weighted by Crippen LogP contribution is -2.12. The second-order valence-corrected chi connectivity index (χ2v) is 4.82. The average molecular weight is 328 g/mol. The molecule has 0 aliphatic heterocycles. The molecule has 0 fully saturated rings. The summed E-state index contributed by atoms with van der Waals surface area (Å²) in [4.78, 5) is 0. The van der Waals surface area contributed by atoms with E-state index in [4.69, 9.17) is 21.4 Å². The van der Waals surface area contributed by atoms with Gasteiger partial charge in [-0.3, -0.25) is 0 Å². The van der Waals surface area contributed by atoms with Gasteiger partial charge >= 0.3 is 0 Å². The molecule has 2 N–H and O–H groups in total. The summed E-state index contributed by atoms with van der Waals surface area (Å²) in [5.74, 6) is 0.772. The van der Waals surface area contributed by atoms with Crippen molar-refractivity contribution in [1.29, 1.82) is 0 Å². The van der Waals surface area contributed by atoms with E-state index >= 15 is 0 Å². The molecule has 0 radical (unpaired) electrons. The van der Waals surface area contributed by atoms with Gasteiger partial charge in [-0.25, -0.2) is 0 Å². The summed E-state index contributed by atoms with van der Waals surface area (Å²) in [5.41, 5.74) is 2.27. The fourth-order valence-electron chi connectivity index (χ4n) is 1.85. The molecule has 0 bridgehead atoms. The minimum absolute atomic E-state index is 0. The zero-order chi connectivity index (χ0) is 14.2. The molecule has 0 amide bonds. The van der Waals surface area contributed by atoms with Crippen molar-refractivity contribution in [2.24, 2.45) is 0 Å². The lowest BCUT2D eigenvalue weighted by atomic mass is 10.2. The monoisotopic (exact) mass is 327 g/mol. The summed E-state index contributed by atoms with van der Waals surface area (Å²) in [7, 11) is 0. The van der Waals surface area contributed by atoms with Gasteiger partial charge in [-0.05, 0) is 29.3 Å². The van der Waals surface area contributed by atoms with E-state index in [9.17, 15) is 0 Å². The fraction of sp³-hybridized carbons (Fsp3) is 0.250. The van der Waals surface area contributed by atoms with E-state index in [1.54, 1.807) is 0 Å². The van der Waals surface area contributed by atoms with Crippen molar-refractivity contribution >= 4 is 24.0 Å². The first kappa shape index (κ1) is 17.8. The highest BCUT2D eigenvalue weighted by Crippen LogP contribution is 2.15. The Morgan fingerprint density at radius 2 is 1.71 bits per heavy atom. The largest absolute Gasteiger partial charge is 0.491 e. The minimum Gasteiger partial charge on any atom is -0.491 e. The maximum Gasteiger partial charge on any atom is 0.119 e. The van der Waals surface area contributed by atoms with Crippen molar-refractivity contribution in [3.8, 4) is 5.75 Å². The summed E-state index contributed by atoms with van der Waals surface area (Å²) in [6.07, 6.45) is 0. The predicted octanol–water partition coefficient (Wildman–Crippen LogP) is 3.42. The highest BCUT2D eigenvalue weighted by molar-refractivity contribution is 6.31. The van der Waals surface area contributed by atoms with Crippen molar-refractivity contribution in [2.45, 2.75) is 13.1 Å². The molecular weight excluding hydrogens is 309 g/mol. The van der Waals surface area contributed by atoms with Crippen LogP contribution in [-0.4, -0.2) is 18.3 Å². The Labute approximate surface area is 136 Å². The molecule has 0 aliphatic rings. The molecule has 2 aromatic carbocycles. The maximum atomic E-state index is 8.68. The highest BCUT2D eigenvalue weighted by Gasteiger charge is 1.99. The van der Waals surface area contributed by atoms with Crippen molar-refractivity contribution in [2.75, 3.05) is 13.2 Å². The van der Waals surface area contributed by atoms with Crippen LogP contribution in [-0.2, 0) is 13.1 Å². The van der Waals surface area contributed by atoms with Gasteiger partial charge in [0.05, 0.1) is 6.61 Å². The van der Waals surface area contributed by atoms with Gasteiger partial charge in [0, 0.05) is 18.1 Å². The molecule has 0 heterocycles. The number of hydrogen-bond donors (Lipinski definition) is 2. The van der Waals surface area contributed by atoms with E-state index in [-0.39, 0.29) is 19.0 Å². The van der Waals surface area contributed by atoms with Crippen LogP contribution in [0.5, 0.6) is 5.75 Å². The number of ether oxygens (including phenoxy) is 1. The van der Waals surface area contributed by atoms with Crippen LogP contribution >= 0.6 is 24.0 Å². The van der Waals surface area contributed by atoms with Gasteiger partial charge < -0.3 is 15.2 Å². The molecule has 3 nitrogen and oxygen atoms in total. The molecule has 21 heavy (non-hydrogen) atoms. The summed E-state index contributed by atoms with van der Waals surface area (Å²) < 4.78 is 5.31. The van der Waals surface area contributed by atoms with Gasteiger partial charge in [-0.1, -0.05) is 41.9 Å². The van der Waals surface area contributed by atoms with E-state index < -0.39 is 0 Å². The van der Waals surface area contributed by atoms with Gasteiger partial charge in [0.2, 0.25) is 0 Å². The number of aliphatic hydroxyl groups excluding tert-OH is 1. The number of hydrogen-bond acceptors (Lipinski definition) is 3. The molecule has 0 aliphatic carbocycles. The van der Waals surface area contributed by atoms with Crippen LogP contribution in [0.15, 0.2) is 48.5 Å². The van der Waals surface area contributed by atoms with Crippen LogP contribution in [0.25, 0.3) is 0 Å². The van der Waals surface area contributed by atoms with Crippen molar-refractivity contribution < 1.29 is 9.84 Å². The lowest BCUT2D eigenvalue weighted by Gasteiger charge is -2.08. The van der Waals surface area contributed by atoms with Crippen LogP contribution in [0.3, 0.4) is 0 Å². The SMILES string of the molecule is Cl.OCCOc1ccc(CNCc2ccccc2Cl)cc1. The Morgan fingerprint density at radius 3 is 2.38 bits per heavy atom. The molecule has 0 saturated heterocycles. The van der Waals surface area contributed by atoms with Gasteiger partial charge in [0.1, 0.15) is 12.4 Å². The van der Waals surface area contributed by atoms with E-state index in [1.165, 1.54) is 5.56 Å². The molecule has 114 valence electrons. The van der Waals surface area contributed by atoms with Gasteiger partial charge in [0.25, 0.3) is 0 Å². The molecule has 0 spiro atoms. The first-order chi connectivity index (χ1) is 9.79. The number of nitrogens with one attached hydrogen (secondary N) is 1. The summed E-state index contributed by atoms with van der Waals surface area (Å²) in [6.45, 7) is 1.86. The zero-order valence-corrected chi connectivity index (χ0v) is 13.2. The van der Waals surface area contributed by atoms with E-state index in [1.807, 2.05) is 48.5 Å². The quantitative estimate of drug-likeness (QED) is 0.818. The first-order valence-corrected chi connectivity index (χ1v) is 6.94. The molecular formula is C16H19Cl2NO2. The summed E-state index contributed by atoms with van der Waals surface area (Å²) in [6, 6.07) is 15.6. The molecule has 2 rings (SSSR count). The third-order valence-electron chi connectivity index (χ3n) is 2.89. The predicted molar refractivity (Wildman–Crippen MR) is 88.3 cm³/mol. The van der Waals surface area contributed by atoms with E-state index in [0.717, 1.165) is 29.4 Å². The lowest BCUT2D eigenvalue weighted by molar-refractivity contribution is 0.201. The standard InChI is InChI=1S/C16H18ClNO2.ClH/c17-16-4-2-1-3-14(16)12-18-11-13-5-7-15(8-6-13)20-10-9-19;/h1-8,18-19H,9-12H2;1H. The third-order valence-corrected chi connectivity index (χ3v) is 3.25. The molecule has 5 heteroatoms. The Kier molecular flexibility index (Phi) is 8.16. The summed E-state index contributed by atoms with van der Waals surface area (Å²) in [5, 5.41) is 12.8. The van der Waals surface area contributed by atoms with E-state index in [0.29, 0.717) is 6.61 Å². The molecule has 2 aromatic rings.